The van der Waals surface area contributed by atoms with Gasteiger partial charge in [-0.15, -0.1) is 12.4 Å². The number of amides is 1. The van der Waals surface area contributed by atoms with Crippen LogP contribution < -0.4 is 15.2 Å². The number of methoxy groups -OCH3 is 2. The summed E-state index contributed by atoms with van der Waals surface area (Å²) < 4.78 is 10.3. The van der Waals surface area contributed by atoms with Gasteiger partial charge in [0.05, 0.1) is 14.2 Å². The molecule has 0 bridgehead atoms. The van der Waals surface area contributed by atoms with Gasteiger partial charge in [0.25, 0.3) is 5.91 Å². The number of hydrogen-bond acceptors (Lipinski definition) is 6. The van der Waals surface area contributed by atoms with E-state index in [2.05, 4.69) is 9.97 Å². The van der Waals surface area contributed by atoms with Gasteiger partial charge in [0.1, 0.15) is 6.33 Å². The maximum Gasteiger partial charge on any atom is 0.265 e. The second kappa shape index (κ2) is 7.42. The number of nitrogens with zero attached hydrogens (tertiary/aromatic N) is 3. The van der Waals surface area contributed by atoms with Crippen LogP contribution in [-0.4, -0.2) is 54.1 Å². The number of nitrogens with two attached hydrogens (primary N) is 1. The van der Waals surface area contributed by atoms with Crippen molar-refractivity contribution in [3.63, 3.8) is 0 Å². The lowest BCUT2D eigenvalue weighted by Gasteiger charge is -2.22. The van der Waals surface area contributed by atoms with E-state index in [1.807, 2.05) is 6.92 Å². The van der Waals surface area contributed by atoms with Crippen LogP contribution in [-0.2, 0) is 0 Å². The third kappa shape index (κ3) is 3.36. The molecule has 1 amide bonds. The van der Waals surface area contributed by atoms with Gasteiger partial charge >= 0.3 is 0 Å². The molecule has 1 saturated heterocycles. The summed E-state index contributed by atoms with van der Waals surface area (Å²) in [5, 5.41) is 0. The van der Waals surface area contributed by atoms with E-state index in [9.17, 15) is 4.79 Å². The minimum atomic E-state index is -0.178. The average molecular weight is 317 g/mol. The minimum Gasteiger partial charge on any atom is -0.480 e. The number of carbonyl (C=O) groups excluding carboxylic acids is 1. The first-order valence-electron chi connectivity index (χ1n) is 6.56. The monoisotopic (exact) mass is 316 g/mol. The molecule has 2 rings (SSSR count). The summed E-state index contributed by atoms with van der Waals surface area (Å²) in [6, 6.07) is 0.130. The van der Waals surface area contributed by atoms with Gasteiger partial charge in [-0.2, -0.15) is 0 Å². The molecular formula is C13H21ClN4O3. The van der Waals surface area contributed by atoms with Crippen molar-refractivity contribution in [1.29, 1.82) is 0 Å². The molecule has 7 nitrogen and oxygen atoms in total. The Morgan fingerprint density at radius 3 is 2.38 bits per heavy atom. The van der Waals surface area contributed by atoms with Gasteiger partial charge in [-0.05, 0) is 25.8 Å². The molecule has 0 aromatic carbocycles. The highest BCUT2D eigenvalue weighted by atomic mass is 35.5. The molecule has 0 spiro atoms. The van der Waals surface area contributed by atoms with E-state index in [1.165, 1.54) is 20.5 Å². The van der Waals surface area contributed by atoms with Crippen molar-refractivity contribution in [2.24, 2.45) is 11.7 Å². The van der Waals surface area contributed by atoms with Crippen molar-refractivity contribution in [3.05, 3.63) is 11.9 Å². The van der Waals surface area contributed by atoms with Gasteiger partial charge in [-0.3, -0.25) is 4.79 Å². The van der Waals surface area contributed by atoms with Gasteiger partial charge in [0, 0.05) is 12.6 Å². The number of carbonyl (C=O) groups is 1. The number of hydrogen-bond donors (Lipinski definition) is 1. The average Bonchev–Trinajstić information content (AvgIpc) is 2.86. The standard InChI is InChI=1S/C13H20N4O3.ClH/c1-8-4-9(5-14)6-17(8)13(18)10-11(19-2)15-7-16-12(10)20-3;/h7-9H,4-6,14H2,1-3H3;1H. The maximum atomic E-state index is 12.7. The van der Waals surface area contributed by atoms with Gasteiger partial charge in [-0.1, -0.05) is 0 Å². The number of aromatic nitrogens is 2. The van der Waals surface area contributed by atoms with Crippen molar-refractivity contribution < 1.29 is 14.3 Å². The largest absolute Gasteiger partial charge is 0.480 e. The second-order valence-corrected chi connectivity index (χ2v) is 4.91. The minimum absolute atomic E-state index is 0. The van der Waals surface area contributed by atoms with Crippen LogP contribution in [0.4, 0.5) is 0 Å². The Morgan fingerprint density at radius 1 is 1.38 bits per heavy atom. The maximum absolute atomic E-state index is 12.7. The summed E-state index contributed by atoms with van der Waals surface area (Å²) in [5.41, 5.74) is 5.96. The fourth-order valence-electron chi connectivity index (χ4n) is 2.59. The number of rotatable bonds is 4. The fraction of sp³-hybridized carbons (Fsp3) is 0.615. The van der Waals surface area contributed by atoms with E-state index in [1.54, 1.807) is 4.90 Å². The summed E-state index contributed by atoms with van der Waals surface area (Å²) >= 11 is 0. The molecular weight excluding hydrogens is 296 g/mol. The summed E-state index contributed by atoms with van der Waals surface area (Å²) in [5.74, 6) is 0.605. The van der Waals surface area contributed by atoms with Crippen LogP contribution in [0.5, 0.6) is 11.8 Å². The van der Waals surface area contributed by atoms with Crippen LogP contribution in [0.1, 0.15) is 23.7 Å². The summed E-state index contributed by atoms with van der Waals surface area (Å²) in [4.78, 5) is 22.5. The van der Waals surface area contributed by atoms with Crippen LogP contribution >= 0.6 is 12.4 Å². The normalized spacial score (nSPS) is 20.9. The molecule has 1 aliphatic heterocycles. The van der Waals surface area contributed by atoms with Gasteiger partial charge < -0.3 is 20.1 Å². The van der Waals surface area contributed by atoms with E-state index >= 15 is 0 Å². The predicted octanol–water partition coefficient (Wildman–Crippen LogP) is 0.725. The molecule has 118 valence electrons. The first-order valence-corrected chi connectivity index (χ1v) is 6.56. The van der Waals surface area contributed by atoms with Crippen LogP contribution in [0.25, 0.3) is 0 Å². The lowest BCUT2D eigenvalue weighted by atomic mass is 10.1. The lowest BCUT2D eigenvalue weighted by Crippen LogP contribution is -2.35. The quantitative estimate of drug-likeness (QED) is 0.880. The Labute approximate surface area is 130 Å². The van der Waals surface area contributed by atoms with Crippen molar-refractivity contribution in [1.82, 2.24) is 14.9 Å². The Kier molecular flexibility index (Phi) is 6.17. The molecule has 0 saturated carbocycles. The van der Waals surface area contributed by atoms with E-state index < -0.39 is 0 Å². The second-order valence-electron chi connectivity index (χ2n) is 4.91. The first kappa shape index (κ1) is 17.5. The number of likely N-dealkylation sites (tertiary alicyclic amines) is 1. The molecule has 2 N–H and O–H groups in total. The SMILES string of the molecule is COc1ncnc(OC)c1C(=O)N1CC(CN)CC1C.Cl. The zero-order valence-corrected chi connectivity index (χ0v) is 13.2. The Bertz CT molecular complexity index is 478. The summed E-state index contributed by atoms with van der Waals surface area (Å²) in [7, 11) is 2.93. The zero-order valence-electron chi connectivity index (χ0n) is 12.4. The lowest BCUT2D eigenvalue weighted by molar-refractivity contribution is 0.0734. The van der Waals surface area contributed by atoms with E-state index in [4.69, 9.17) is 15.2 Å². The molecule has 21 heavy (non-hydrogen) atoms. The van der Waals surface area contributed by atoms with Crippen LogP contribution in [0.15, 0.2) is 6.33 Å². The molecule has 2 atom stereocenters. The summed E-state index contributed by atoms with van der Waals surface area (Å²) in [6.45, 7) is 3.22. The van der Waals surface area contributed by atoms with Crippen LogP contribution in [0.3, 0.4) is 0 Å². The van der Waals surface area contributed by atoms with Gasteiger partial charge in [0.2, 0.25) is 11.8 Å². The van der Waals surface area contributed by atoms with E-state index in [0.29, 0.717) is 19.0 Å². The Morgan fingerprint density at radius 2 is 1.95 bits per heavy atom. The molecule has 1 aliphatic rings. The molecule has 1 fully saturated rings. The van der Waals surface area contributed by atoms with Crippen molar-refractivity contribution in [3.8, 4) is 11.8 Å². The summed E-state index contributed by atoms with van der Waals surface area (Å²) in [6.07, 6.45) is 2.21. The van der Waals surface area contributed by atoms with Gasteiger partial charge in [-0.25, -0.2) is 9.97 Å². The van der Waals surface area contributed by atoms with Crippen LogP contribution in [0.2, 0.25) is 0 Å². The van der Waals surface area contributed by atoms with E-state index in [-0.39, 0.29) is 41.7 Å². The highest BCUT2D eigenvalue weighted by molar-refractivity contribution is 5.98. The molecule has 8 heteroatoms. The number of halogens is 1. The molecule has 0 radical (unpaired) electrons. The molecule has 0 aliphatic carbocycles. The van der Waals surface area contributed by atoms with Crippen molar-refractivity contribution >= 4 is 18.3 Å². The fourth-order valence-corrected chi connectivity index (χ4v) is 2.59. The van der Waals surface area contributed by atoms with Gasteiger partial charge in [0.15, 0.2) is 5.56 Å². The van der Waals surface area contributed by atoms with E-state index in [0.717, 1.165) is 6.42 Å². The molecule has 1 aromatic heterocycles. The molecule has 1 aromatic rings. The molecule has 2 unspecified atom stereocenters. The smallest absolute Gasteiger partial charge is 0.265 e. The highest BCUT2D eigenvalue weighted by Crippen LogP contribution is 2.30. The Hall–Kier alpha value is -1.60. The topological polar surface area (TPSA) is 90.6 Å². The molecule has 2 heterocycles. The zero-order chi connectivity index (χ0) is 14.7. The van der Waals surface area contributed by atoms with Crippen LogP contribution in [0, 0.1) is 5.92 Å². The number of ether oxygens (including phenoxy) is 2. The predicted molar refractivity (Wildman–Crippen MR) is 80.0 cm³/mol. The highest BCUT2D eigenvalue weighted by Gasteiger charge is 2.35. The van der Waals surface area contributed by atoms with Crippen molar-refractivity contribution in [2.45, 2.75) is 19.4 Å². The Balaban J connectivity index is 0.00000220. The third-order valence-corrected chi connectivity index (χ3v) is 3.63. The third-order valence-electron chi connectivity index (χ3n) is 3.63. The van der Waals surface area contributed by atoms with Crippen molar-refractivity contribution in [2.75, 3.05) is 27.3 Å². The first-order chi connectivity index (χ1) is 9.62.